The van der Waals surface area contributed by atoms with E-state index in [9.17, 15) is 0 Å². The summed E-state index contributed by atoms with van der Waals surface area (Å²) in [6.07, 6.45) is 1.67. The first-order valence-corrected chi connectivity index (χ1v) is 5.56. The van der Waals surface area contributed by atoms with Crippen molar-refractivity contribution in [1.82, 2.24) is 4.98 Å². The Morgan fingerprint density at radius 2 is 2.50 bits per heavy atom. The fraction of sp³-hybridized carbons (Fsp3) is 0.400. The van der Waals surface area contributed by atoms with Crippen LogP contribution in [-0.2, 0) is 5.75 Å². The molecule has 0 saturated heterocycles. The van der Waals surface area contributed by atoms with E-state index in [0.29, 0.717) is 5.69 Å². The number of nitrogens with two attached hydrogens (primary N) is 1. The van der Waals surface area contributed by atoms with Crippen LogP contribution in [0.15, 0.2) is 18.3 Å². The molecular weight excluding hydrogens is 194 g/mol. The standard InChI is InChI=1S/C10H13N3S/c1-8(12)6-14-7-9-2-3-13-10(4-9)5-11/h2-4,8H,6-7,12H2,1H3. The number of nitrogens with zero attached hydrogens (tertiary/aromatic N) is 2. The van der Waals surface area contributed by atoms with Crippen molar-refractivity contribution in [2.45, 2.75) is 18.7 Å². The van der Waals surface area contributed by atoms with Crippen molar-refractivity contribution in [2.75, 3.05) is 5.75 Å². The van der Waals surface area contributed by atoms with Crippen LogP contribution < -0.4 is 5.73 Å². The van der Waals surface area contributed by atoms with Crippen molar-refractivity contribution in [3.63, 3.8) is 0 Å². The summed E-state index contributed by atoms with van der Waals surface area (Å²) in [4.78, 5) is 3.91. The highest BCUT2D eigenvalue weighted by molar-refractivity contribution is 7.98. The Bertz CT molecular complexity index is 330. The summed E-state index contributed by atoms with van der Waals surface area (Å²) >= 11 is 1.77. The van der Waals surface area contributed by atoms with Gasteiger partial charge in [0.15, 0.2) is 0 Å². The molecule has 3 nitrogen and oxygen atoms in total. The highest BCUT2D eigenvalue weighted by Gasteiger charge is 1.98. The van der Waals surface area contributed by atoms with Crippen LogP contribution in [0.3, 0.4) is 0 Å². The second-order valence-corrected chi connectivity index (χ2v) is 4.18. The first-order valence-electron chi connectivity index (χ1n) is 4.40. The molecule has 0 bridgehead atoms. The minimum absolute atomic E-state index is 0.220. The number of hydrogen-bond acceptors (Lipinski definition) is 4. The molecule has 0 radical (unpaired) electrons. The molecule has 0 fully saturated rings. The maximum Gasteiger partial charge on any atom is 0.140 e. The molecule has 0 aliphatic rings. The molecule has 0 amide bonds. The van der Waals surface area contributed by atoms with Crippen LogP contribution in [0.1, 0.15) is 18.2 Å². The van der Waals surface area contributed by atoms with E-state index < -0.39 is 0 Å². The number of rotatable bonds is 4. The lowest BCUT2D eigenvalue weighted by Gasteiger charge is -2.04. The number of hydrogen-bond donors (Lipinski definition) is 1. The van der Waals surface area contributed by atoms with Crippen LogP contribution in [-0.4, -0.2) is 16.8 Å². The lowest BCUT2D eigenvalue weighted by molar-refractivity contribution is 0.847. The molecule has 0 aliphatic carbocycles. The fourth-order valence-electron chi connectivity index (χ4n) is 0.988. The smallest absolute Gasteiger partial charge is 0.140 e. The van der Waals surface area contributed by atoms with Gasteiger partial charge < -0.3 is 5.73 Å². The lowest BCUT2D eigenvalue weighted by atomic mass is 10.2. The average Bonchev–Trinajstić information content (AvgIpc) is 2.18. The molecule has 1 rings (SSSR count). The molecule has 4 heteroatoms. The van der Waals surface area contributed by atoms with Gasteiger partial charge in [-0.05, 0) is 24.6 Å². The van der Waals surface area contributed by atoms with Crippen LogP contribution >= 0.6 is 11.8 Å². The summed E-state index contributed by atoms with van der Waals surface area (Å²) in [7, 11) is 0. The molecular formula is C10H13N3S. The van der Waals surface area contributed by atoms with Crippen molar-refractivity contribution in [3.8, 4) is 6.07 Å². The van der Waals surface area contributed by atoms with E-state index >= 15 is 0 Å². The number of pyridine rings is 1. The average molecular weight is 207 g/mol. The van der Waals surface area contributed by atoms with Crippen molar-refractivity contribution < 1.29 is 0 Å². The molecule has 1 aromatic rings. The highest BCUT2D eigenvalue weighted by atomic mass is 32.2. The van der Waals surface area contributed by atoms with E-state index in [4.69, 9.17) is 11.0 Å². The van der Waals surface area contributed by atoms with Crippen LogP contribution in [0, 0.1) is 11.3 Å². The number of nitriles is 1. The predicted octanol–water partition coefficient (Wildman–Crippen LogP) is 1.53. The summed E-state index contributed by atoms with van der Waals surface area (Å²) in [6.45, 7) is 1.99. The molecule has 1 unspecified atom stereocenters. The Morgan fingerprint density at radius 1 is 1.71 bits per heavy atom. The zero-order chi connectivity index (χ0) is 10.4. The SMILES string of the molecule is CC(N)CSCc1ccnc(C#N)c1. The lowest BCUT2D eigenvalue weighted by Crippen LogP contribution is -2.17. The van der Waals surface area contributed by atoms with Crippen LogP contribution in [0.4, 0.5) is 0 Å². The van der Waals surface area contributed by atoms with Gasteiger partial charge in [-0.3, -0.25) is 0 Å². The molecule has 1 atom stereocenters. The van der Waals surface area contributed by atoms with Gasteiger partial charge in [0, 0.05) is 23.7 Å². The zero-order valence-corrected chi connectivity index (χ0v) is 8.92. The summed E-state index contributed by atoms with van der Waals surface area (Å²) in [6, 6.07) is 5.98. The zero-order valence-electron chi connectivity index (χ0n) is 8.10. The van der Waals surface area contributed by atoms with Gasteiger partial charge in [0.25, 0.3) is 0 Å². The summed E-state index contributed by atoms with van der Waals surface area (Å²) in [5.74, 6) is 1.82. The first-order chi connectivity index (χ1) is 6.72. The first kappa shape index (κ1) is 11.0. The Morgan fingerprint density at radius 3 is 3.14 bits per heavy atom. The van der Waals surface area contributed by atoms with Crippen molar-refractivity contribution >= 4 is 11.8 Å². The third-order valence-corrected chi connectivity index (χ3v) is 2.89. The molecule has 2 N–H and O–H groups in total. The molecule has 0 saturated carbocycles. The number of thioether (sulfide) groups is 1. The maximum atomic E-state index is 8.64. The number of aromatic nitrogens is 1. The van der Waals surface area contributed by atoms with Crippen molar-refractivity contribution in [3.05, 3.63) is 29.6 Å². The van der Waals surface area contributed by atoms with Gasteiger partial charge in [-0.1, -0.05) is 0 Å². The van der Waals surface area contributed by atoms with E-state index in [0.717, 1.165) is 17.1 Å². The molecule has 74 valence electrons. The quantitative estimate of drug-likeness (QED) is 0.813. The van der Waals surface area contributed by atoms with Crippen molar-refractivity contribution in [2.24, 2.45) is 5.73 Å². The third-order valence-electron chi connectivity index (χ3n) is 1.59. The molecule has 0 spiro atoms. The van der Waals surface area contributed by atoms with Gasteiger partial charge in [-0.25, -0.2) is 4.98 Å². The molecule has 0 aliphatic heterocycles. The van der Waals surface area contributed by atoms with E-state index in [1.165, 1.54) is 0 Å². The second-order valence-electron chi connectivity index (χ2n) is 3.15. The Hall–Kier alpha value is -1.05. The normalized spacial score (nSPS) is 12.1. The predicted molar refractivity (Wildman–Crippen MR) is 58.8 cm³/mol. The Balaban J connectivity index is 2.47. The van der Waals surface area contributed by atoms with Crippen molar-refractivity contribution in [1.29, 1.82) is 5.26 Å². The van der Waals surface area contributed by atoms with Gasteiger partial charge in [0.05, 0.1) is 0 Å². The monoisotopic (exact) mass is 207 g/mol. The van der Waals surface area contributed by atoms with Gasteiger partial charge in [-0.15, -0.1) is 0 Å². The summed E-state index contributed by atoms with van der Waals surface area (Å²) < 4.78 is 0. The highest BCUT2D eigenvalue weighted by Crippen LogP contribution is 2.12. The van der Waals surface area contributed by atoms with Gasteiger partial charge in [0.2, 0.25) is 0 Å². The van der Waals surface area contributed by atoms with E-state index in [2.05, 4.69) is 4.98 Å². The fourth-order valence-corrected chi connectivity index (χ4v) is 1.89. The van der Waals surface area contributed by atoms with E-state index in [-0.39, 0.29) is 6.04 Å². The molecule has 0 aromatic carbocycles. The van der Waals surface area contributed by atoms with Gasteiger partial charge in [-0.2, -0.15) is 17.0 Å². The third kappa shape index (κ3) is 3.77. The van der Waals surface area contributed by atoms with Crippen LogP contribution in [0.2, 0.25) is 0 Å². The van der Waals surface area contributed by atoms with Gasteiger partial charge >= 0.3 is 0 Å². The van der Waals surface area contributed by atoms with Crippen LogP contribution in [0.5, 0.6) is 0 Å². The summed E-state index contributed by atoms with van der Waals surface area (Å²) in [5, 5.41) is 8.64. The van der Waals surface area contributed by atoms with E-state index in [1.807, 2.05) is 25.1 Å². The Labute approximate surface area is 88.3 Å². The van der Waals surface area contributed by atoms with Gasteiger partial charge in [0.1, 0.15) is 11.8 Å². The molecule has 1 aromatic heterocycles. The van der Waals surface area contributed by atoms with Crippen LogP contribution in [0.25, 0.3) is 0 Å². The largest absolute Gasteiger partial charge is 0.327 e. The minimum atomic E-state index is 0.220. The molecule has 1 heterocycles. The minimum Gasteiger partial charge on any atom is -0.327 e. The maximum absolute atomic E-state index is 8.64. The molecule has 14 heavy (non-hydrogen) atoms. The summed E-state index contributed by atoms with van der Waals surface area (Å²) in [5.41, 5.74) is 7.23. The second kappa shape index (κ2) is 5.63. The van der Waals surface area contributed by atoms with E-state index in [1.54, 1.807) is 18.0 Å². The Kier molecular flexibility index (Phi) is 4.44. The topological polar surface area (TPSA) is 62.7 Å².